The number of hydrogen-bond donors (Lipinski definition) is 2. The van der Waals surface area contributed by atoms with E-state index in [1.807, 2.05) is 19.1 Å². The first-order valence-electron chi connectivity index (χ1n) is 8.50. The second kappa shape index (κ2) is 8.96. The number of nitrogens with one attached hydrogen (secondary N) is 2. The van der Waals surface area contributed by atoms with E-state index in [0.717, 1.165) is 4.88 Å². The second-order valence-corrected chi connectivity index (χ2v) is 7.23. The number of nitrogens with zero attached hydrogens (tertiary/aromatic N) is 1. The van der Waals surface area contributed by atoms with Crippen LogP contribution in [0.4, 0.5) is 5.69 Å². The molecule has 142 valence electrons. The smallest absolute Gasteiger partial charge is 0.271 e. The van der Waals surface area contributed by atoms with Crippen LogP contribution in [-0.4, -0.2) is 25.1 Å². The molecule has 0 saturated heterocycles. The molecule has 0 saturated carbocycles. The number of amides is 2. The highest BCUT2D eigenvalue weighted by molar-refractivity contribution is 7.13. The standard InChI is InChI=1S/C21H19N3O3S/c1-14-6-11-19(28-14)13-22-24-21(26)16-4-3-5-17(12-16)23-20(25)15-7-9-18(27-2)10-8-15/h3-13H,1-2H3,(H,23,25)(H,24,26). The maximum atomic E-state index is 12.4. The minimum atomic E-state index is -0.356. The zero-order valence-electron chi connectivity index (χ0n) is 15.4. The predicted octanol–water partition coefficient (Wildman–Crippen LogP) is 4.08. The summed E-state index contributed by atoms with van der Waals surface area (Å²) < 4.78 is 5.08. The Morgan fingerprint density at radius 3 is 2.46 bits per heavy atom. The molecule has 2 aromatic carbocycles. The van der Waals surface area contributed by atoms with Gasteiger partial charge in [-0.05, 0) is 61.5 Å². The van der Waals surface area contributed by atoms with Crippen molar-refractivity contribution in [3.05, 3.63) is 81.5 Å². The largest absolute Gasteiger partial charge is 0.497 e. The topological polar surface area (TPSA) is 79.8 Å². The molecule has 0 aliphatic heterocycles. The van der Waals surface area contributed by atoms with Gasteiger partial charge in [0.1, 0.15) is 5.75 Å². The van der Waals surface area contributed by atoms with Crippen LogP contribution in [-0.2, 0) is 0 Å². The normalized spacial score (nSPS) is 10.6. The molecule has 3 rings (SSSR count). The Labute approximate surface area is 166 Å². The molecule has 0 radical (unpaired) electrons. The van der Waals surface area contributed by atoms with Gasteiger partial charge < -0.3 is 10.1 Å². The molecule has 7 heteroatoms. The molecule has 0 aliphatic rings. The highest BCUT2D eigenvalue weighted by Crippen LogP contribution is 2.15. The first-order valence-corrected chi connectivity index (χ1v) is 9.32. The van der Waals surface area contributed by atoms with Gasteiger partial charge in [-0.15, -0.1) is 11.3 Å². The number of methoxy groups -OCH3 is 1. The highest BCUT2D eigenvalue weighted by Gasteiger charge is 2.09. The quantitative estimate of drug-likeness (QED) is 0.489. The number of rotatable bonds is 6. The summed E-state index contributed by atoms with van der Waals surface area (Å²) in [6.07, 6.45) is 1.60. The average molecular weight is 393 g/mol. The average Bonchev–Trinajstić information content (AvgIpc) is 3.13. The summed E-state index contributed by atoms with van der Waals surface area (Å²) in [4.78, 5) is 26.8. The minimum absolute atomic E-state index is 0.272. The van der Waals surface area contributed by atoms with Crippen molar-refractivity contribution in [2.24, 2.45) is 5.10 Å². The third-order valence-electron chi connectivity index (χ3n) is 3.85. The fourth-order valence-corrected chi connectivity index (χ4v) is 3.18. The number of thiophene rings is 1. The van der Waals surface area contributed by atoms with E-state index in [1.54, 1.807) is 73.2 Å². The van der Waals surface area contributed by atoms with Gasteiger partial charge in [-0.2, -0.15) is 5.10 Å². The highest BCUT2D eigenvalue weighted by atomic mass is 32.1. The summed E-state index contributed by atoms with van der Waals surface area (Å²) in [5.74, 6) is 0.0462. The van der Waals surface area contributed by atoms with Crippen LogP contribution >= 0.6 is 11.3 Å². The molecule has 0 atom stereocenters. The van der Waals surface area contributed by atoms with E-state index in [9.17, 15) is 9.59 Å². The van der Waals surface area contributed by atoms with Crippen LogP contribution < -0.4 is 15.5 Å². The molecule has 6 nitrogen and oxygen atoms in total. The van der Waals surface area contributed by atoms with Gasteiger partial charge in [-0.25, -0.2) is 5.43 Å². The van der Waals surface area contributed by atoms with E-state index >= 15 is 0 Å². The first kappa shape index (κ1) is 19.3. The Balaban J connectivity index is 1.63. The van der Waals surface area contributed by atoms with E-state index in [-0.39, 0.29) is 11.8 Å². The van der Waals surface area contributed by atoms with Crippen molar-refractivity contribution in [1.82, 2.24) is 5.43 Å². The fraction of sp³-hybridized carbons (Fsp3) is 0.0952. The van der Waals surface area contributed by atoms with Crippen LogP contribution in [0.15, 0.2) is 65.8 Å². The molecule has 0 bridgehead atoms. The summed E-state index contributed by atoms with van der Waals surface area (Å²) >= 11 is 1.59. The van der Waals surface area contributed by atoms with Crippen LogP contribution in [0.5, 0.6) is 5.75 Å². The third kappa shape index (κ3) is 5.05. The minimum Gasteiger partial charge on any atom is -0.497 e. The van der Waals surface area contributed by atoms with E-state index in [1.165, 1.54) is 4.88 Å². The van der Waals surface area contributed by atoms with Gasteiger partial charge in [0.25, 0.3) is 11.8 Å². The molecular formula is C21H19N3O3S. The van der Waals surface area contributed by atoms with Crippen molar-refractivity contribution in [2.75, 3.05) is 12.4 Å². The number of hydrazone groups is 1. The van der Waals surface area contributed by atoms with Gasteiger partial charge >= 0.3 is 0 Å². The lowest BCUT2D eigenvalue weighted by molar-refractivity contribution is 0.0953. The van der Waals surface area contributed by atoms with Gasteiger partial charge in [0.15, 0.2) is 0 Å². The molecule has 0 spiro atoms. The van der Waals surface area contributed by atoms with E-state index < -0.39 is 0 Å². The molecule has 2 amide bonds. The summed E-state index contributed by atoms with van der Waals surface area (Å²) in [6.45, 7) is 2.01. The summed E-state index contributed by atoms with van der Waals surface area (Å²) in [5, 5.41) is 6.75. The molecule has 1 heterocycles. The van der Waals surface area contributed by atoms with Gasteiger partial charge in [0.2, 0.25) is 0 Å². The van der Waals surface area contributed by atoms with Gasteiger partial charge in [0, 0.05) is 26.6 Å². The van der Waals surface area contributed by atoms with Crippen LogP contribution in [0.3, 0.4) is 0 Å². The molecule has 0 unspecified atom stereocenters. The Morgan fingerprint density at radius 1 is 1.00 bits per heavy atom. The molecular weight excluding hydrogens is 374 g/mol. The Bertz CT molecular complexity index is 1010. The fourth-order valence-electron chi connectivity index (χ4n) is 2.43. The predicted molar refractivity (Wildman–Crippen MR) is 112 cm³/mol. The number of anilines is 1. The first-order chi connectivity index (χ1) is 13.5. The van der Waals surface area contributed by atoms with Crippen molar-refractivity contribution < 1.29 is 14.3 Å². The Kier molecular flexibility index (Phi) is 6.18. The molecule has 3 aromatic rings. The van der Waals surface area contributed by atoms with Crippen molar-refractivity contribution >= 4 is 35.1 Å². The van der Waals surface area contributed by atoms with E-state index in [4.69, 9.17) is 4.74 Å². The van der Waals surface area contributed by atoms with Crippen molar-refractivity contribution in [3.63, 3.8) is 0 Å². The molecule has 28 heavy (non-hydrogen) atoms. The molecule has 0 fully saturated rings. The SMILES string of the molecule is COc1ccc(C(=O)Nc2cccc(C(=O)NN=Cc3ccc(C)s3)c2)cc1. The summed E-state index contributed by atoms with van der Waals surface area (Å²) in [5.41, 5.74) is 3.90. The van der Waals surface area contributed by atoms with Crippen LogP contribution in [0.1, 0.15) is 30.5 Å². The van der Waals surface area contributed by atoms with Gasteiger partial charge in [0.05, 0.1) is 13.3 Å². The summed E-state index contributed by atoms with van der Waals surface area (Å²) in [6, 6.07) is 17.4. The lowest BCUT2D eigenvalue weighted by Gasteiger charge is -2.07. The number of hydrogen-bond acceptors (Lipinski definition) is 5. The van der Waals surface area contributed by atoms with E-state index in [2.05, 4.69) is 15.8 Å². The number of carbonyl (C=O) groups is 2. The molecule has 0 aliphatic carbocycles. The zero-order valence-corrected chi connectivity index (χ0v) is 16.2. The Morgan fingerprint density at radius 2 is 1.79 bits per heavy atom. The maximum Gasteiger partial charge on any atom is 0.271 e. The number of carbonyl (C=O) groups excluding carboxylic acids is 2. The lowest BCUT2D eigenvalue weighted by atomic mass is 10.1. The number of ether oxygens (including phenoxy) is 1. The maximum absolute atomic E-state index is 12.4. The van der Waals surface area contributed by atoms with Crippen molar-refractivity contribution in [3.8, 4) is 5.75 Å². The van der Waals surface area contributed by atoms with Gasteiger partial charge in [-0.1, -0.05) is 6.07 Å². The summed E-state index contributed by atoms with van der Waals surface area (Å²) in [7, 11) is 1.57. The lowest BCUT2D eigenvalue weighted by Crippen LogP contribution is -2.18. The third-order valence-corrected chi connectivity index (χ3v) is 4.79. The van der Waals surface area contributed by atoms with Crippen LogP contribution in [0.25, 0.3) is 0 Å². The number of aryl methyl sites for hydroxylation is 1. The van der Waals surface area contributed by atoms with Crippen LogP contribution in [0.2, 0.25) is 0 Å². The van der Waals surface area contributed by atoms with Crippen molar-refractivity contribution in [1.29, 1.82) is 0 Å². The van der Waals surface area contributed by atoms with Crippen molar-refractivity contribution in [2.45, 2.75) is 6.92 Å². The van der Waals surface area contributed by atoms with Gasteiger partial charge in [-0.3, -0.25) is 9.59 Å². The number of benzene rings is 2. The Hall–Kier alpha value is -3.45. The molecule has 2 N–H and O–H groups in total. The van der Waals surface area contributed by atoms with E-state index in [0.29, 0.717) is 22.6 Å². The second-order valence-electron chi connectivity index (χ2n) is 5.91. The monoisotopic (exact) mass is 393 g/mol. The molecule has 1 aromatic heterocycles. The zero-order chi connectivity index (χ0) is 19.9. The van der Waals surface area contributed by atoms with Crippen LogP contribution in [0, 0.1) is 6.92 Å².